The van der Waals surface area contributed by atoms with Crippen LogP contribution < -0.4 is 11.1 Å². The molecule has 0 aromatic rings. The Morgan fingerprint density at radius 3 is 2.54 bits per heavy atom. The molecule has 0 radical (unpaired) electrons. The molecule has 1 unspecified atom stereocenters. The molecule has 0 bridgehead atoms. The van der Waals surface area contributed by atoms with E-state index in [-0.39, 0.29) is 5.91 Å². The zero-order chi connectivity index (χ0) is 10.1. The van der Waals surface area contributed by atoms with Crippen LogP contribution in [0.2, 0.25) is 0 Å². The summed E-state index contributed by atoms with van der Waals surface area (Å²) in [4.78, 5) is 11.0. The molecule has 0 fully saturated rings. The summed E-state index contributed by atoms with van der Waals surface area (Å²) in [6, 6.07) is 0. The third-order valence-corrected chi connectivity index (χ3v) is 2.18. The van der Waals surface area contributed by atoms with E-state index in [1.54, 1.807) is 0 Å². The van der Waals surface area contributed by atoms with Gasteiger partial charge in [0.2, 0.25) is 5.91 Å². The van der Waals surface area contributed by atoms with Gasteiger partial charge in [-0.2, -0.15) is 0 Å². The van der Waals surface area contributed by atoms with E-state index < -0.39 is 0 Å². The topological polar surface area (TPSA) is 55.1 Å². The minimum absolute atomic E-state index is 0.137. The predicted molar refractivity (Wildman–Crippen MR) is 55.4 cm³/mol. The molecule has 0 heterocycles. The van der Waals surface area contributed by atoms with Crippen LogP contribution in [0.15, 0.2) is 0 Å². The molecule has 0 aromatic heterocycles. The maximum absolute atomic E-state index is 11.0. The Labute approximate surface area is 81.1 Å². The highest BCUT2D eigenvalue weighted by molar-refractivity contribution is 5.75. The van der Waals surface area contributed by atoms with Crippen molar-refractivity contribution >= 4 is 5.91 Å². The number of hydrogen-bond acceptors (Lipinski definition) is 2. The largest absolute Gasteiger partial charge is 0.356 e. The second-order valence-corrected chi connectivity index (χ2v) is 3.39. The fourth-order valence-electron chi connectivity index (χ4n) is 1.38. The number of rotatable bonds is 7. The van der Waals surface area contributed by atoms with Gasteiger partial charge in [-0.1, -0.05) is 20.3 Å². The first-order chi connectivity index (χ1) is 6.24. The Bertz CT molecular complexity index is 131. The molecular formula is C10H22N2O. The van der Waals surface area contributed by atoms with Gasteiger partial charge in [-0.25, -0.2) is 0 Å². The summed E-state index contributed by atoms with van der Waals surface area (Å²) in [5.74, 6) is 0.698. The summed E-state index contributed by atoms with van der Waals surface area (Å²) >= 11 is 0. The SMILES string of the molecule is CCCC(CCN)CNC(=O)CC. The van der Waals surface area contributed by atoms with Crippen molar-refractivity contribution in [1.82, 2.24) is 5.32 Å². The van der Waals surface area contributed by atoms with E-state index in [9.17, 15) is 4.79 Å². The van der Waals surface area contributed by atoms with E-state index >= 15 is 0 Å². The van der Waals surface area contributed by atoms with Crippen LogP contribution in [0.5, 0.6) is 0 Å². The van der Waals surface area contributed by atoms with E-state index in [1.807, 2.05) is 6.92 Å². The molecule has 78 valence electrons. The molecule has 0 aromatic carbocycles. The first-order valence-corrected chi connectivity index (χ1v) is 5.21. The van der Waals surface area contributed by atoms with Gasteiger partial charge in [-0.15, -0.1) is 0 Å². The lowest BCUT2D eigenvalue weighted by Gasteiger charge is -2.15. The van der Waals surface area contributed by atoms with Crippen molar-refractivity contribution in [2.45, 2.75) is 39.5 Å². The Hall–Kier alpha value is -0.570. The zero-order valence-electron chi connectivity index (χ0n) is 8.81. The molecule has 0 aliphatic rings. The van der Waals surface area contributed by atoms with Crippen molar-refractivity contribution in [3.05, 3.63) is 0 Å². The standard InChI is InChI=1S/C10H22N2O/c1-3-5-9(6-7-11)8-12-10(13)4-2/h9H,3-8,11H2,1-2H3,(H,12,13). The zero-order valence-corrected chi connectivity index (χ0v) is 8.81. The molecule has 1 amide bonds. The first-order valence-electron chi connectivity index (χ1n) is 5.21. The van der Waals surface area contributed by atoms with E-state index in [4.69, 9.17) is 5.73 Å². The van der Waals surface area contributed by atoms with Gasteiger partial charge in [0.1, 0.15) is 0 Å². The summed E-state index contributed by atoms with van der Waals surface area (Å²) in [5, 5.41) is 2.91. The van der Waals surface area contributed by atoms with E-state index in [1.165, 1.54) is 0 Å². The number of hydrogen-bond donors (Lipinski definition) is 2. The summed E-state index contributed by atoms with van der Waals surface area (Å²) in [5.41, 5.74) is 5.49. The van der Waals surface area contributed by atoms with Gasteiger partial charge in [-0.3, -0.25) is 4.79 Å². The minimum Gasteiger partial charge on any atom is -0.356 e. The van der Waals surface area contributed by atoms with Gasteiger partial charge < -0.3 is 11.1 Å². The maximum Gasteiger partial charge on any atom is 0.219 e. The van der Waals surface area contributed by atoms with Gasteiger partial charge in [-0.05, 0) is 25.3 Å². The molecule has 0 aliphatic heterocycles. The summed E-state index contributed by atoms with van der Waals surface area (Å²) in [6.45, 7) is 5.53. The molecule has 0 saturated heterocycles. The van der Waals surface area contributed by atoms with Gasteiger partial charge in [0.25, 0.3) is 0 Å². The van der Waals surface area contributed by atoms with Crippen LogP contribution in [-0.4, -0.2) is 19.0 Å². The first kappa shape index (κ1) is 12.4. The Kier molecular flexibility index (Phi) is 7.69. The molecule has 3 heteroatoms. The minimum atomic E-state index is 0.137. The molecule has 1 atom stereocenters. The summed E-state index contributed by atoms with van der Waals surface area (Å²) in [7, 11) is 0. The third kappa shape index (κ3) is 6.58. The highest BCUT2D eigenvalue weighted by Crippen LogP contribution is 2.08. The number of carbonyl (C=O) groups excluding carboxylic acids is 1. The number of nitrogens with one attached hydrogen (secondary N) is 1. The molecule has 0 saturated carbocycles. The average Bonchev–Trinajstić information content (AvgIpc) is 2.14. The monoisotopic (exact) mass is 186 g/mol. The lowest BCUT2D eigenvalue weighted by molar-refractivity contribution is -0.120. The van der Waals surface area contributed by atoms with Crippen molar-refractivity contribution in [3.63, 3.8) is 0 Å². The van der Waals surface area contributed by atoms with E-state index in [2.05, 4.69) is 12.2 Å². The smallest absolute Gasteiger partial charge is 0.219 e. The van der Waals surface area contributed by atoms with Crippen LogP contribution in [0.3, 0.4) is 0 Å². The van der Waals surface area contributed by atoms with Crippen LogP contribution in [0.4, 0.5) is 0 Å². The van der Waals surface area contributed by atoms with Crippen LogP contribution >= 0.6 is 0 Å². The van der Waals surface area contributed by atoms with Crippen molar-refractivity contribution in [2.75, 3.05) is 13.1 Å². The predicted octanol–water partition coefficient (Wildman–Crippen LogP) is 1.28. The van der Waals surface area contributed by atoms with E-state index in [0.29, 0.717) is 18.9 Å². The van der Waals surface area contributed by atoms with Crippen molar-refractivity contribution in [1.29, 1.82) is 0 Å². The Balaban J connectivity index is 3.61. The highest BCUT2D eigenvalue weighted by atomic mass is 16.1. The van der Waals surface area contributed by atoms with Crippen LogP contribution in [-0.2, 0) is 4.79 Å². The molecular weight excluding hydrogens is 164 g/mol. The molecule has 13 heavy (non-hydrogen) atoms. The van der Waals surface area contributed by atoms with Gasteiger partial charge in [0.15, 0.2) is 0 Å². The normalized spacial score (nSPS) is 12.5. The quantitative estimate of drug-likeness (QED) is 0.629. The summed E-state index contributed by atoms with van der Waals surface area (Å²) in [6.07, 6.45) is 3.90. The molecule has 0 aliphatic carbocycles. The van der Waals surface area contributed by atoms with Crippen LogP contribution in [0.1, 0.15) is 39.5 Å². The molecule has 3 N–H and O–H groups in total. The number of amides is 1. The van der Waals surface area contributed by atoms with Crippen molar-refractivity contribution < 1.29 is 4.79 Å². The number of carbonyl (C=O) groups is 1. The van der Waals surface area contributed by atoms with Gasteiger partial charge in [0.05, 0.1) is 0 Å². The summed E-state index contributed by atoms with van der Waals surface area (Å²) < 4.78 is 0. The fraction of sp³-hybridized carbons (Fsp3) is 0.900. The van der Waals surface area contributed by atoms with Crippen molar-refractivity contribution in [3.8, 4) is 0 Å². The van der Waals surface area contributed by atoms with Gasteiger partial charge >= 0.3 is 0 Å². The fourth-order valence-corrected chi connectivity index (χ4v) is 1.38. The molecule has 3 nitrogen and oxygen atoms in total. The van der Waals surface area contributed by atoms with Gasteiger partial charge in [0, 0.05) is 13.0 Å². The Morgan fingerprint density at radius 1 is 1.38 bits per heavy atom. The average molecular weight is 186 g/mol. The second-order valence-electron chi connectivity index (χ2n) is 3.39. The lowest BCUT2D eigenvalue weighted by atomic mass is 10.00. The van der Waals surface area contributed by atoms with Crippen LogP contribution in [0.25, 0.3) is 0 Å². The van der Waals surface area contributed by atoms with E-state index in [0.717, 1.165) is 25.8 Å². The maximum atomic E-state index is 11.0. The second kappa shape index (κ2) is 8.05. The van der Waals surface area contributed by atoms with Crippen molar-refractivity contribution in [2.24, 2.45) is 11.7 Å². The molecule has 0 rings (SSSR count). The third-order valence-electron chi connectivity index (χ3n) is 2.18. The number of nitrogens with two attached hydrogens (primary N) is 1. The van der Waals surface area contributed by atoms with Crippen LogP contribution in [0, 0.1) is 5.92 Å². The highest BCUT2D eigenvalue weighted by Gasteiger charge is 2.07. The lowest BCUT2D eigenvalue weighted by Crippen LogP contribution is -2.29. The Morgan fingerprint density at radius 2 is 2.08 bits per heavy atom. The molecule has 0 spiro atoms.